The molecule has 3 nitrogen and oxygen atoms in total. The fourth-order valence-corrected chi connectivity index (χ4v) is 1.80. The summed E-state index contributed by atoms with van der Waals surface area (Å²) in [6.07, 6.45) is 2.76. The van der Waals surface area contributed by atoms with E-state index in [0.717, 1.165) is 32.3 Å². The van der Waals surface area contributed by atoms with Crippen molar-refractivity contribution in [3.8, 4) is 0 Å². The molecule has 0 aromatic carbocycles. The van der Waals surface area contributed by atoms with Crippen molar-refractivity contribution >= 4 is 0 Å². The Morgan fingerprint density at radius 2 is 1.94 bits per heavy atom. The molecule has 0 bridgehead atoms. The number of ether oxygens (including phenoxy) is 1. The predicted molar refractivity (Wildman–Crippen MR) is 68.8 cm³/mol. The highest BCUT2D eigenvalue weighted by atomic mass is 16.5. The minimum Gasteiger partial charge on any atom is -0.383 e. The van der Waals surface area contributed by atoms with Crippen molar-refractivity contribution < 1.29 is 4.74 Å². The molecule has 0 spiro atoms. The Morgan fingerprint density at radius 3 is 2.44 bits per heavy atom. The van der Waals surface area contributed by atoms with Crippen molar-refractivity contribution in [1.82, 2.24) is 10.2 Å². The summed E-state index contributed by atoms with van der Waals surface area (Å²) in [7, 11) is 1.78. The monoisotopic (exact) mass is 228 g/mol. The summed E-state index contributed by atoms with van der Waals surface area (Å²) in [5.74, 6) is 0.716. The summed E-state index contributed by atoms with van der Waals surface area (Å²) in [6.45, 7) is 11.0. The number of rotatable bonds is 9. The Kier molecular flexibility index (Phi) is 6.32. The fraction of sp³-hybridized carbons (Fsp3) is 1.00. The first-order chi connectivity index (χ1) is 7.65. The van der Waals surface area contributed by atoms with Gasteiger partial charge in [0, 0.05) is 38.8 Å². The van der Waals surface area contributed by atoms with Crippen molar-refractivity contribution in [1.29, 1.82) is 0 Å². The SMILES string of the molecule is COCCN(CCNC(C)C(C)C)C1CC1. The van der Waals surface area contributed by atoms with Crippen molar-refractivity contribution in [2.45, 2.75) is 45.7 Å². The van der Waals surface area contributed by atoms with E-state index in [1.807, 2.05) is 0 Å². The van der Waals surface area contributed by atoms with Gasteiger partial charge >= 0.3 is 0 Å². The molecule has 1 aliphatic carbocycles. The van der Waals surface area contributed by atoms with E-state index >= 15 is 0 Å². The Hall–Kier alpha value is -0.120. The molecule has 0 heterocycles. The van der Waals surface area contributed by atoms with Crippen LogP contribution in [0, 0.1) is 5.92 Å². The number of methoxy groups -OCH3 is 1. The lowest BCUT2D eigenvalue weighted by molar-refractivity contribution is 0.143. The quantitative estimate of drug-likeness (QED) is 0.650. The van der Waals surface area contributed by atoms with Gasteiger partial charge in [-0.3, -0.25) is 4.90 Å². The topological polar surface area (TPSA) is 24.5 Å². The van der Waals surface area contributed by atoms with E-state index in [4.69, 9.17) is 4.74 Å². The van der Waals surface area contributed by atoms with Crippen LogP contribution < -0.4 is 5.32 Å². The molecule has 1 rings (SSSR count). The van der Waals surface area contributed by atoms with Gasteiger partial charge in [-0.15, -0.1) is 0 Å². The summed E-state index contributed by atoms with van der Waals surface area (Å²) < 4.78 is 5.15. The first-order valence-corrected chi connectivity index (χ1v) is 6.61. The van der Waals surface area contributed by atoms with Crippen LogP contribution in [-0.4, -0.2) is 50.3 Å². The van der Waals surface area contributed by atoms with E-state index < -0.39 is 0 Å². The summed E-state index contributed by atoms with van der Waals surface area (Å²) in [5, 5.41) is 3.59. The van der Waals surface area contributed by atoms with Gasteiger partial charge < -0.3 is 10.1 Å². The van der Waals surface area contributed by atoms with Gasteiger partial charge in [0.25, 0.3) is 0 Å². The summed E-state index contributed by atoms with van der Waals surface area (Å²) in [6, 6.07) is 1.45. The standard InChI is InChI=1S/C13H28N2O/c1-11(2)12(3)14-7-8-15(9-10-16-4)13-5-6-13/h11-14H,5-10H2,1-4H3. The van der Waals surface area contributed by atoms with Crippen LogP contribution in [0.1, 0.15) is 33.6 Å². The Labute approximate surface area is 101 Å². The van der Waals surface area contributed by atoms with Gasteiger partial charge in [0.2, 0.25) is 0 Å². The molecule has 1 atom stereocenters. The first kappa shape index (κ1) is 13.9. The molecule has 96 valence electrons. The van der Waals surface area contributed by atoms with Gasteiger partial charge in [-0.2, -0.15) is 0 Å². The average Bonchev–Trinajstić information content (AvgIpc) is 3.06. The number of nitrogens with one attached hydrogen (secondary N) is 1. The second kappa shape index (κ2) is 7.25. The molecular weight excluding hydrogens is 200 g/mol. The molecule has 1 unspecified atom stereocenters. The third-order valence-electron chi connectivity index (χ3n) is 3.51. The molecule has 0 saturated heterocycles. The maximum absolute atomic E-state index is 5.15. The predicted octanol–water partition coefficient (Wildman–Crippen LogP) is 1.73. The van der Waals surface area contributed by atoms with Crippen LogP contribution in [0.25, 0.3) is 0 Å². The maximum atomic E-state index is 5.15. The van der Waals surface area contributed by atoms with Gasteiger partial charge in [-0.05, 0) is 25.7 Å². The molecule has 0 radical (unpaired) electrons. The summed E-state index contributed by atoms with van der Waals surface area (Å²) >= 11 is 0. The van der Waals surface area contributed by atoms with Gasteiger partial charge in [-0.25, -0.2) is 0 Å². The molecular formula is C13H28N2O. The molecule has 1 aliphatic rings. The van der Waals surface area contributed by atoms with E-state index in [-0.39, 0.29) is 0 Å². The number of nitrogens with zero attached hydrogens (tertiary/aromatic N) is 1. The number of hydrogen-bond donors (Lipinski definition) is 1. The summed E-state index contributed by atoms with van der Waals surface area (Å²) in [5.41, 5.74) is 0. The molecule has 1 saturated carbocycles. The number of hydrogen-bond acceptors (Lipinski definition) is 3. The average molecular weight is 228 g/mol. The van der Waals surface area contributed by atoms with Gasteiger partial charge in [0.15, 0.2) is 0 Å². The van der Waals surface area contributed by atoms with Crippen LogP contribution in [0.15, 0.2) is 0 Å². The highest BCUT2D eigenvalue weighted by molar-refractivity contribution is 4.84. The van der Waals surface area contributed by atoms with E-state index in [1.165, 1.54) is 12.8 Å². The van der Waals surface area contributed by atoms with Crippen LogP contribution >= 0.6 is 0 Å². The minimum absolute atomic E-state index is 0.614. The lowest BCUT2D eigenvalue weighted by atomic mass is 10.1. The molecule has 1 N–H and O–H groups in total. The molecule has 1 fully saturated rings. The van der Waals surface area contributed by atoms with Gasteiger partial charge in [0.1, 0.15) is 0 Å². The van der Waals surface area contributed by atoms with Crippen LogP contribution in [0.2, 0.25) is 0 Å². The molecule has 0 aromatic heterocycles. The maximum Gasteiger partial charge on any atom is 0.0589 e. The molecule has 3 heteroatoms. The van der Waals surface area contributed by atoms with Crippen LogP contribution in [0.5, 0.6) is 0 Å². The normalized spacial score (nSPS) is 18.4. The summed E-state index contributed by atoms with van der Waals surface area (Å²) in [4.78, 5) is 2.56. The molecule has 0 aliphatic heterocycles. The van der Waals surface area contributed by atoms with Gasteiger partial charge in [-0.1, -0.05) is 13.8 Å². The molecule has 0 aromatic rings. The van der Waals surface area contributed by atoms with E-state index in [0.29, 0.717) is 12.0 Å². The molecule has 0 amide bonds. The van der Waals surface area contributed by atoms with Crippen molar-refractivity contribution in [3.63, 3.8) is 0 Å². The van der Waals surface area contributed by atoms with Crippen molar-refractivity contribution in [3.05, 3.63) is 0 Å². The van der Waals surface area contributed by atoms with Crippen molar-refractivity contribution in [2.75, 3.05) is 33.4 Å². The zero-order chi connectivity index (χ0) is 12.0. The molecule has 16 heavy (non-hydrogen) atoms. The third-order valence-corrected chi connectivity index (χ3v) is 3.51. The smallest absolute Gasteiger partial charge is 0.0589 e. The zero-order valence-electron chi connectivity index (χ0n) is 11.3. The Morgan fingerprint density at radius 1 is 1.25 bits per heavy atom. The fourth-order valence-electron chi connectivity index (χ4n) is 1.80. The van der Waals surface area contributed by atoms with E-state index in [9.17, 15) is 0 Å². The third kappa shape index (κ3) is 5.28. The lowest BCUT2D eigenvalue weighted by Gasteiger charge is -2.24. The minimum atomic E-state index is 0.614. The second-order valence-corrected chi connectivity index (χ2v) is 5.25. The largest absolute Gasteiger partial charge is 0.383 e. The van der Waals surface area contributed by atoms with Crippen LogP contribution in [-0.2, 0) is 4.74 Å². The zero-order valence-corrected chi connectivity index (χ0v) is 11.3. The first-order valence-electron chi connectivity index (χ1n) is 6.61. The second-order valence-electron chi connectivity index (χ2n) is 5.25. The van der Waals surface area contributed by atoms with Crippen molar-refractivity contribution in [2.24, 2.45) is 5.92 Å². The van der Waals surface area contributed by atoms with E-state index in [1.54, 1.807) is 7.11 Å². The highest BCUT2D eigenvalue weighted by Gasteiger charge is 2.28. The highest BCUT2D eigenvalue weighted by Crippen LogP contribution is 2.25. The van der Waals surface area contributed by atoms with Crippen LogP contribution in [0.3, 0.4) is 0 Å². The van der Waals surface area contributed by atoms with Crippen LogP contribution in [0.4, 0.5) is 0 Å². The lowest BCUT2D eigenvalue weighted by Crippen LogP contribution is -2.40. The van der Waals surface area contributed by atoms with Gasteiger partial charge in [0.05, 0.1) is 6.61 Å². The Balaban J connectivity index is 2.12. The Bertz CT molecular complexity index is 181. The van der Waals surface area contributed by atoms with E-state index in [2.05, 4.69) is 31.0 Å².